The molecule has 5 nitrogen and oxygen atoms in total. The SMILES string of the molecule is O=C1CC(c2ccccc2)Oc2cc(O)c(O)c(O)c21. The number of aromatic hydroxyl groups is 3. The number of hydrogen-bond acceptors (Lipinski definition) is 5. The second-order valence-electron chi connectivity index (χ2n) is 4.61. The number of phenols is 3. The molecule has 0 radical (unpaired) electrons. The Labute approximate surface area is 114 Å². The summed E-state index contributed by atoms with van der Waals surface area (Å²) in [4.78, 5) is 12.1. The maximum atomic E-state index is 12.1. The van der Waals surface area contributed by atoms with Gasteiger partial charge in [-0.2, -0.15) is 0 Å². The van der Waals surface area contributed by atoms with Crippen LogP contribution in [0.25, 0.3) is 0 Å². The van der Waals surface area contributed by atoms with E-state index in [-0.39, 0.29) is 23.5 Å². The van der Waals surface area contributed by atoms with Gasteiger partial charge in [0, 0.05) is 6.07 Å². The van der Waals surface area contributed by atoms with Gasteiger partial charge >= 0.3 is 0 Å². The number of ketones is 1. The highest BCUT2D eigenvalue weighted by Crippen LogP contribution is 2.47. The Morgan fingerprint density at radius 2 is 1.75 bits per heavy atom. The zero-order chi connectivity index (χ0) is 14.3. The van der Waals surface area contributed by atoms with E-state index in [1.165, 1.54) is 0 Å². The number of phenolic OH excluding ortho intramolecular Hbond substituents is 3. The molecule has 2 aromatic rings. The van der Waals surface area contributed by atoms with Crippen molar-refractivity contribution in [2.45, 2.75) is 12.5 Å². The van der Waals surface area contributed by atoms with Crippen LogP contribution >= 0.6 is 0 Å². The summed E-state index contributed by atoms with van der Waals surface area (Å²) in [5.41, 5.74) is 0.742. The first kappa shape index (κ1) is 12.3. The fourth-order valence-electron chi connectivity index (χ4n) is 2.30. The second-order valence-corrected chi connectivity index (χ2v) is 4.61. The van der Waals surface area contributed by atoms with E-state index < -0.39 is 23.4 Å². The monoisotopic (exact) mass is 272 g/mol. The smallest absolute Gasteiger partial charge is 0.201 e. The van der Waals surface area contributed by atoms with E-state index >= 15 is 0 Å². The van der Waals surface area contributed by atoms with Gasteiger partial charge in [0.1, 0.15) is 17.4 Å². The summed E-state index contributed by atoms with van der Waals surface area (Å²) in [6, 6.07) is 10.3. The summed E-state index contributed by atoms with van der Waals surface area (Å²) in [7, 11) is 0. The van der Waals surface area contributed by atoms with E-state index in [1.54, 1.807) is 0 Å². The first-order valence-electron chi connectivity index (χ1n) is 6.10. The van der Waals surface area contributed by atoms with Crippen LogP contribution in [0.3, 0.4) is 0 Å². The number of carbonyl (C=O) groups is 1. The molecule has 0 bridgehead atoms. The van der Waals surface area contributed by atoms with Crippen molar-refractivity contribution in [2.24, 2.45) is 0 Å². The second kappa shape index (κ2) is 4.45. The molecule has 1 unspecified atom stereocenters. The van der Waals surface area contributed by atoms with Gasteiger partial charge in [-0.05, 0) is 5.56 Å². The Bertz CT molecular complexity index is 678. The van der Waals surface area contributed by atoms with Crippen LogP contribution in [0.2, 0.25) is 0 Å². The topological polar surface area (TPSA) is 87.0 Å². The van der Waals surface area contributed by atoms with Gasteiger partial charge in [0.25, 0.3) is 0 Å². The minimum absolute atomic E-state index is 0.0643. The van der Waals surface area contributed by atoms with Crippen molar-refractivity contribution >= 4 is 5.78 Å². The first-order valence-corrected chi connectivity index (χ1v) is 6.10. The number of benzene rings is 2. The van der Waals surface area contributed by atoms with E-state index in [0.29, 0.717) is 0 Å². The fraction of sp³-hybridized carbons (Fsp3) is 0.133. The van der Waals surface area contributed by atoms with Crippen LogP contribution in [0.15, 0.2) is 36.4 Å². The van der Waals surface area contributed by atoms with Crippen LogP contribution in [0, 0.1) is 0 Å². The molecule has 0 aromatic heterocycles. The maximum Gasteiger partial charge on any atom is 0.201 e. The Hall–Kier alpha value is -2.69. The van der Waals surface area contributed by atoms with Gasteiger partial charge in [0.2, 0.25) is 5.75 Å². The van der Waals surface area contributed by atoms with Crippen LogP contribution < -0.4 is 4.74 Å². The third-order valence-electron chi connectivity index (χ3n) is 3.31. The molecule has 3 N–H and O–H groups in total. The van der Waals surface area contributed by atoms with Gasteiger partial charge in [0.15, 0.2) is 17.3 Å². The third-order valence-corrected chi connectivity index (χ3v) is 3.31. The largest absolute Gasteiger partial charge is 0.504 e. The Kier molecular flexibility index (Phi) is 2.75. The molecule has 20 heavy (non-hydrogen) atoms. The van der Waals surface area contributed by atoms with Crippen molar-refractivity contribution in [1.82, 2.24) is 0 Å². The van der Waals surface area contributed by atoms with E-state index in [2.05, 4.69) is 0 Å². The summed E-state index contributed by atoms with van der Waals surface area (Å²) < 4.78 is 5.65. The minimum atomic E-state index is -0.709. The summed E-state index contributed by atoms with van der Waals surface area (Å²) in [5.74, 6) is -2.14. The molecule has 0 amide bonds. The number of hydrogen-bond donors (Lipinski definition) is 3. The molecule has 1 heterocycles. The quantitative estimate of drug-likeness (QED) is 0.694. The van der Waals surface area contributed by atoms with Gasteiger partial charge in [-0.25, -0.2) is 0 Å². The summed E-state index contributed by atoms with van der Waals surface area (Å²) in [6.45, 7) is 0. The van der Waals surface area contributed by atoms with E-state index in [4.69, 9.17) is 4.74 Å². The predicted octanol–water partition coefficient (Wildman–Crippen LogP) is 2.51. The molecule has 3 rings (SSSR count). The first-order chi connectivity index (χ1) is 9.58. The van der Waals surface area contributed by atoms with Crippen molar-refractivity contribution in [3.63, 3.8) is 0 Å². The van der Waals surface area contributed by atoms with Crippen LogP contribution in [0.4, 0.5) is 0 Å². The van der Waals surface area contributed by atoms with Gasteiger partial charge < -0.3 is 20.1 Å². The Morgan fingerprint density at radius 3 is 2.45 bits per heavy atom. The number of fused-ring (bicyclic) bond motifs is 1. The van der Waals surface area contributed by atoms with Gasteiger partial charge in [-0.1, -0.05) is 30.3 Å². The maximum absolute atomic E-state index is 12.1. The number of Topliss-reactive ketones (excluding diaryl/α,β-unsaturated/α-hetero) is 1. The third kappa shape index (κ3) is 1.84. The van der Waals surface area contributed by atoms with E-state index in [0.717, 1.165) is 11.6 Å². The number of carbonyl (C=O) groups excluding carboxylic acids is 1. The van der Waals surface area contributed by atoms with Crippen molar-refractivity contribution in [1.29, 1.82) is 0 Å². The van der Waals surface area contributed by atoms with Crippen molar-refractivity contribution in [3.8, 4) is 23.0 Å². The average Bonchev–Trinajstić information content (AvgIpc) is 2.45. The van der Waals surface area contributed by atoms with Crippen LogP contribution in [-0.4, -0.2) is 21.1 Å². The molecule has 5 heteroatoms. The van der Waals surface area contributed by atoms with Crippen molar-refractivity contribution in [2.75, 3.05) is 0 Å². The molecule has 1 aliphatic rings. The molecular weight excluding hydrogens is 260 g/mol. The summed E-state index contributed by atoms with van der Waals surface area (Å²) in [6.07, 6.45) is -0.408. The molecule has 0 aliphatic carbocycles. The lowest BCUT2D eigenvalue weighted by molar-refractivity contribution is 0.0843. The molecule has 2 aromatic carbocycles. The summed E-state index contributed by atoms with van der Waals surface area (Å²) >= 11 is 0. The van der Waals surface area contributed by atoms with Crippen LogP contribution in [-0.2, 0) is 0 Å². The molecule has 1 aliphatic heterocycles. The molecule has 0 fully saturated rings. The van der Waals surface area contributed by atoms with Crippen LogP contribution in [0.5, 0.6) is 23.0 Å². The van der Waals surface area contributed by atoms with Crippen molar-refractivity contribution in [3.05, 3.63) is 47.5 Å². The lowest BCUT2D eigenvalue weighted by Crippen LogP contribution is -2.20. The fourth-order valence-corrected chi connectivity index (χ4v) is 2.30. The molecule has 102 valence electrons. The summed E-state index contributed by atoms with van der Waals surface area (Å²) in [5, 5.41) is 28.7. The Balaban J connectivity index is 2.06. The number of rotatable bonds is 1. The number of ether oxygens (including phenoxy) is 1. The van der Waals surface area contributed by atoms with E-state index in [1.807, 2.05) is 30.3 Å². The molecular formula is C15H12O5. The van der Waals surface area contributed by atoms with Crippen molar-refractivity contribution < 1.29 is 24.9 Å². The van der Waals surface area contributed by atoms with Gasteiger partial charge in [0.05, 0.1) is 6.42 Å². The van der Waals surface area contributed by atoms with Crippen LogP contribution in [0.1, 0.15) is 28.4 Å². The Morgan fingerprint density at radius 1 is 1.05 bits per heavy atom. The predicted molar refractivity (Wildman–Crippen MR) is 70.2 cm³/mol. The zero-order valence-corrected chi connectivity index (χ0v) is 10.4. The average molecular weight is 272 g/mol. The lowest BCUT2D eigenvalue weighted by Gasteiger charge is -2.26. The normalized spacial score (nSPS) is 17.4. The molecule has 0 saturated heterocycles. The highest BCUT2D eigenvalue weighted by molar-refractivity contribution is 6.03. The zero-order valence-electron chi connectivity index (χ0n) is 10.4. The van der Waals surface area contributed by atoms with Gasteiger partial charge in [-0.3, -0.25) is 4.79 Å². The molecule has 0 saturated carbocycles. The van der Waals surface area contributed by atoms with E-state index in [9.17, 15) is 20.1 Å². The molecule has 1 atom stereocenters. The lowest BCUT2D eigenvalue weighted by atomic mass is 9.95. The minimum Gasteiger partial charge on any atom is -0.504 e. The highest BCUT2D eigenvalue weighted by atomic mass is 16.5. The standard InChI is InChI=1S/C15H12O5/c16-9-6-11(8-4-2-1-3-5-8)20-12-7-10(17)14(18)15(19)13(9)12/h1-5,7,11,17-19H,6H2. The van der Waals surface area contributed by atoms with Gasteiger partial charge in [-0.15, -0.1) is 0 Å². The molecule has 0 spiro atoms. The highest BCUT2D eigenvalue weighted by Gasteiger charge is 2.32.